The van der Waals surface area contributed by atoms with Crippen LogP contribution in [0.2, 0.25) is 0 Å². The zero-order valence-corrected chi connectivity index (χ0v) is 20.3. The molecule has 180 valence electrons. The zero-order valence-electron chi connectivity index (χ0n) is 20.3. The number of likely N-dealkylation sites (N-methyl/N-ethyl adjacent to an activating group) is 1. The van der Waals surface area contributed by atoms with E-state index in [9.17, 15) is 4.79 Å². The molecule has 0 fully saturated rings. The molecule has 0 bridgehead atoms. The summed E-state index contributed by atoms with van der Waals surface area (Å²) in [6.45, 7) is 2.49. The van der Waals surface area contributed by atoms with Crippen molar-refractivity contribution >= 4 is 23.0 Å². The molecule has 0 saturated carbocycles. The first-order chi connectivity index (χ1) is 16.5. The van der Waals surface area contributed by atoms with Crippen molar-refractivity contribution in [3.63, 3.8) is 0 Å². The van der Waals surface area contributed by atoms with Gasteiger partial charge in [-0.3, -0.25) is 4.79 Å². The number of furan rings is 1. The van der Waals surface area contributed by atoms with Gasteiger partial charge in [-0.1, -0.05) is 0 Å². The first kappa shape index (κ1) is 23.7. The average Bonchev–Trinajstić information content (AvgIpc) is 3.19. The highest BCUT2D eigenvalue weighted by Gasteiger charge is 2.19. The van der Waals surface area contributed by atoms with Crippen molar-refractivity contribution in [1.82, 2.24) is 9.80 Å². The van der Waals surface area contributed by atoms with Crippen LogP contribution in [0.5, 0.6) is 17.2 Å². The number of benzene rings is 2. The van der Waals surface area contributed by atoms with Gasteiger partial charge in [0.15, 0.2) is 11.5 Å². The first-order valence-electron chi connectivity index (χ1n) is 11.5. The second-order valence-corrected chi connectivity index (χ2v) is 8.52. The summed E-state index contributed by atoms with van der Waals surface area (Å²) in [5, 5.41) is 1.13. The average molecular weight is 465 g/mol. The lowest BCUT2D eigenvalue weighted by Crippen LogP contribution is -2.30. The molecule has 2 aromatic carbocycles. The minimum absolute atomic E-state index is 0.0881. The van der Waals surface area contributed by atoms with E-state index in [4.69, 9.17) is 18.6 Å². The Morgan fingerprint density at radius 2 is 1.82 bits per heavy atom. The van der Waals surface area contributed by atoms with Crippen molar-refractivity contribution in [2.75, 3.05) is 48.0 Å². The first-order valence-corrected chi connectivity index (χ1v) is 11.5. The lowest BCUT2D eigenvalue weighted by molar-refractivity contribution is -0.127. The molecule has 0 unspecified atom stereocenters. The Labute approximate surface area is 200 Å². The van der Waals surface area contributed by atoms with Crippen LogP contribution in [-0.2, 0) is 17.6 Å². The minimum Gasteiger partial charge on any atom is -0.497 e. The topological polar surface area (TPSA) is 64.4 Å². The molecule has 0 saturated heterocycles. The van der Waals surface area contributed by atoms with E-state index in [0.717, 1.165) is 53.8 Å². The molecule has 34 heavy (non-hydrogen) atoms. The van der Waals surface area contributed by atoms with Crippen LogP contribution in [0.25, 0.3) is 17.0 Å². The van der Waals surface area contributed by atoms with Crippen LogP contribution in [0.1, 0.15) is 23.1 Å². The Morgan fingerprint density at radius 3 is 2.59 bits per heavy atom. The van der Waals surface area contributed by atoms with Gasteiger partial charge < -0.3 is 28.4 Å². The second kappa shape index (κ2) is 10.7. The summed E-state index contributed by atoms with van der Waals surface area (Å²) in [5.41, 5.74) is 3.97. The molecule has 1 aromatic heterocycles. The molecule has 2 heterocycles. The molecule has 0 radical (unpaired) electrons. The van der Waals surface area contributed by atoms with E-state index in [1.165, 1.54) is 5.56 Å². The summed E-state index contributed by atoms with van der Waals surface area (Å²) < 4.78 is 21.8. The van der Waals surface area contributed by atoms with Crippen molar-refractivity contribution in [2.45, 2.75) is 19.3 Å². The predicted octanol–water partition coefficient (Wildman–Crippen LogP) is 4.38. The monoisotopic (exact) mass is 464 g/mol. The van der Waals surface area contributed by atoms with Gasteiger partial charge in [0.05, 0.1) is 34.0 Å². The number of carbonyl (C=O) groups is 1. The van der Waals surface area contributed by atoms with Gasteiger partial charge in [-0.15, -0.1) is 0 Å². The fourth-order valence-corrected chi connectivity index (χ4v) is 4.28. The molecular weight excluding hydrogens is 432 g/mol. The van der Waals surface area contributed by atoms with E-state index in [0.29, 0.717) is 24.5 Å². The Hall–Kier alpha value is -3.45. The molecule has 0 atom stereocenters. The number of ether oxygens (including phenoxy) is 3. The van der Waals surface area contributed by atoms with Gasteiger partial charge in [-0.2, -0.15) is 0 Å². The van der Waals surface area contributed by atoms with E-state index in [2.05, 4.69) is 11.9 Å². The SMILES string of the molecule is COc1ccc2c(CCN(C)CCCN3C=Cc4cc(OC)c(OC)cc4CC3=O)coc2c1. The van der Waals surface area contributed by atoms with Crippen LogP contribution in [0.4, 0.5) is 0 Å². The van der Waals surface area contributed by atoms with Crippen molar-refractivity contribution < 1.29 is 23.4 Å². The number of carbonyl (C=O) groups excluding carboxylic acids is 1. The van der Waals surface area contributed by atoms with Crippen LogP contribution in [0.15, 0.2) is 47.2 Å². The van der Waals surface area contributed by atoms with Crippen LogP contribution in [-0.4, -0.2) is 63.7 Å². The molecule has 1 amide bonds. The van der Waals surface area contributed by atoms with Crippen LogP contribution in [0, 0.1) is 0 Å². The molecule has 0 spiro atoms. The lowest BCUT2D eigenvalue weighted by Gasteiger charge is -2.20. The highest BCUT2D eigenvalue weighted by Crippen LogP contribution is 2.32. The molecule has 7 nitrogen and oxygen atoms in total. The fraction of sp³-hybridized carbons (Fsp3) is 0.370. The third-order valence-corrected chi connectivity index (χ3v) is 6.31. The van der Waals surface area contributed by atoms with Crippen molar-refractivity contribution in [1.29, 1.82) is 0 Å². The Morgan fingerprint density at radius 1 is 1.03 bits per heavy atom. The summed E-state index contributed by atoms with van der Waals surface area (Å²) >= 11 is 0. The van der Waals surface area contributed by atoms with Gasteiger partial charge in [0.2, 0.25) is 5.91 Å². The Kier molecular flexibility index (Phi) is 7.43. The van der Waals surface area contributed by atoms with Gasteiger partial charge in [0.1, 0.15) is 11.3 Å². The van der Waals surface area contributed by atoms with Gasteiger partial charge in [-0.25, -0.2) is 0 Å². The molecule has 0 aliphatic carbocycles. The van der Waals surface area contributed by atoms with Gasteiger partial charge in [-0.05, 0) is 73.5 Å². The maximum atomic E-state index is 12.8. The van der Waals surface area contributed by atoms with Gasteiger partial charge >= 0.3 is 0 Å². The number of hydrogen-bond acceptors (Lipinski definition) is 6. The number of amides is 1. The minimum atomic E-state index is 0.0881. The van der Waals surface area contributed by atoms with Crippen LogP contribution in [0.3, 0.4) is 0 Å². The summed E-state index contributed by atoms with van der Waals surface area (Å²) in [6.07, 6.45) is 7.82. The van der Waals surface area contributed by atoms with Crippen molar-refractivity contribution in [2.24, 2.45) is 0 Å². The maximum absolute atomic E-state index is 12.8. The number of rotatable bonds is 10. The lowest BCUT2D eigenvalue weighted by atomic mass is 10.0. The second-order valence-electron chi connectivity index (χ2n) is 8.52. The van der Waals surface area contributed by atoms with E-state index >= 15 is 0 Å². The summed E-state index contributed by atoms with van der Waals surface area (Å²) in [5.74, 6) is 2.19. The van der Waals surface area contributed by atoms with E-state index in [1.807, 2.05) is 53.8 Å². The van der Waals surface area contributed by atoms with Crippen molar-refractivity contribution in [3.8, 4) is 17.2 Å². The Bertz CT molecular complexity index is 1180. The quantitative estimate of drug-likeness (QED) is 0.444. The fourth-order valence-electron chi connectivity index (χ4n) is 4.28. The highest BCUT2D eigenvalue weighted by molar-refractivity contribution is 5.84. The summed E-state index contributed by atoms with van der Waals surface area (Å²) in [4.78, 5) is 16.9. The van der Waals surface area contributed by atoms with E-state index in [-0.39, 0.29) is 5.91 Å². The summed E-state index contributed by atoms with van der Waals surface area (Å²) in [6, 6.07) is 9.74. The maximum Gasteiger partial charge on any atom is 0.230 e. The standard InChI is InChI=1S/C27H32N2O5/c1-28(12-8-20-18-34-24-17-22(31-2)6-7-23(20)24)10-5-11-29-13-9-19-14-25(32-3)26(33-4)15-21(19)16-27(29)30/h6-7,9,13-15,17-18H,5,8,10-12,16H2,1-4H3. The molecule has 0 N–H and O–H groups in total. The van der Waals surface area contributed by atoms with Crippen LogP contribution < -0.4 is 14.2 Å². The smallest absolute Gasteiger partial charge is 0.230 e. The summed E-state index contributed by atoms with van der Waals surface area (Å²) in [7, 11) is 6.99. The predicted molar refractivity (Wildman–Crippen MR) is 133 cm³/mol. The number of fused-ring (bicyclic) bond motifs is 2. The Balaban J connectivity index is 1.29. The van der Waals surface area contributed by atoms with Gasteiger partial charge in [0, 0.05) is 30.7 Å². The van der Waals surface area contributed by atoms with Crippen LogP contribution >= 0.6 is 0 Å². The van der Waals surface area contributed by atoms with E-state index in [1.54, 1.807) is 21.3 Å². The van der Waals surface area contributed by atoms with E-state index < -0.39 is 0 Å². The third kappa shape index (κ3) is 5.20. The normalized spacial score (nSPS) is 13.3. The zero-order chi connectivity index (χ0) is 24.1. The van der Waals surface area contributed by atoms with Gasteiger partial charge in [0.25, 0.3) is 0 Å². The molecule has 7 heteroatoms. The third-order valence-electron chi connectivity index (χ3n) is 6.31. The van der Waals surface area contributed by atoms with Crippen molar-refractivity contribution in [3.05, 3.63) is 59.5 Å². The number of hydrogen-bond donors (Lipinski definition) is 0. The largest absolute Gasteiger partial charge is 0.497 e. The molecule has 4 rings (SSSR count). The number of methoxy groups -OCH3 is 3. The highest BCUT2D eigenvalue weighted by atomic mass is 16.5. The number of nitrogens with zero attached hydrogens (tertiary/aromatic N) is 2. The molecular formula is C27H32N2O5. The molecule has 1 aliphatic rings. The molecule has 1 aliphatic heterocycles. The molecule has 3 aromatic rings.